The number of ether oxygens (including phenoxy) is 1. The molecule has 1 aliphatic rings. The summed E-state index contributed by atoms with van der Waals surface area (Å²) >= 11 is 8.84. The number of nitrogens with zero attached hydrogens (tertiary/aromatic N) is 3. The molecule has 0 atom stereocenters. The smallest absolute Gasteiger partial charge is 0.341 e. The van der Waals surface area contributed by atoms with E-state index in [1.165, 1.54) is 23.1 Å². The van der Waals surface area contributed by atoms with Gasteiger partial charge in [0.05, 0.1) is 17.9 Å². The fraction of sp³-hybridized carbons (Fsp3) is 0.259. The molecule has 5 rings (SSSR count). The van der Waals surface area contributed by atoms with Crippen molar-refractivity contribution in [3.63, 3.8) is 0 Å². The van der Waals surface area contributed by atoms with E-state index >= 15 is 0 Å². The number of thiophene rings is 1. The minimum Gasteiger partial charge on any atom is -0.462 e. The summed E-state index contributed by atoms with van der Waals surface area (Å²) in [5.41, 5.74) is 3.28. The van der Waals surface area contributed by atoms with Gasteiger partial charge < -0.3 is 10.1 Å². The lowest BCUT2D eigenvalue weighted by Crippen LogP contribution is -2.17. The number of aromatic nitrogens is 3. The van der Waals surface area contributed by atoms with Gasteiger partial charge in [0.2, 0.25) is 5.91 Å². The van der Waals surface area contributed by atoms with E-state index in [1.54, 1.807) is 6.92 Å². The first kappa shape index (κ1) is 25.5. The van der Waals surface area contributed by atoms with Gasteiger partial charge in [-0.25, -0.2) is 4.79 Å². The van der Waals surface area contributed by atoms with E-state index < -0.39 is 0 Å². The number of hydrogen-bond donors (Lipinski definition) is 1. The van der Waals surface area contributed by atoms with Crippen molar-refractivity contribution in [1.29, 1.82) is 0 Å². The number of amides is 1. The molecule has 0 radical (unpaired) electrons. The molecule has 0 saturated carbocycles. The Morgan fingerprint density at radius 3 is 2.59 bits per heavy atom. The Hall–Kier alpha value is -3.14. The predicted molar refractivity (Wildman–Crippen MR) is 148 cm³/mol. The summed E-state index contributed by atoms with van der Waals surface area (Å²) in [7, 11) is 0. The maximum atomic E-state index is 13.0. The van der Waals surface area contributed by atoms with Crippen molar-refractivity contribution in [2.24, 2.45) is 0 Å². The first-order chi connectivity index (χ1) is 18.0. The summed E-state index contributed by atoms with van der Waals surface area (Å²) in [5.74, 6) is 0.170. The van der Waals surface area contributed by atoms with Crippen LogP contribution >= 0.6 is 34.7 Å². The third-order valence-electron chi connectivity index (χ3n) is 5.99. The average Bonchev–Trinajstić information content (AvgIpc) is 3.50. The van der Waals surface area contributed by atoms with Crippen LogP contribution < -0.4 is 5.32 Å². The number of aryl methyl sites for hydroxylation is 1. The Kier molecular flexibility index (Phi) is 7.93. The van der Waals surface area contributed by atoms with Crippen molar-refractivity contribution in [1.82, 2.24) is 14.8 Å². The lowest BCUT2D eigenvalue weighted by Gasteiger charge is -2.12. The Labute approximate surface area is 228 Å². The van der Waals surface area contributed by atoms with Gasteiger partial charge >= 0.3 is 5.97 Å². The summed E-state index contributed by atoms with van der Waals surface area (Å²) < 4.78 is 7.23. The number of para-hydroxylation sites is 1. The Bertz CT molecular complexity index is 1420. The largest absolute Gasteiger partial charge is 0.462 e. The zero-order chi connectivity index (χ0) is 25.8. The highest BCUT2D eigenvalue weighted by Crippen LogP contribution is 2.39. The lowest BCUT2D eigenvalue weighted by atomic mass is 9.95. The molecule has 0 spiro atoms. The molecule has 37 heavy (non-hydrogen) atoms. The third-order valence-corrected chi connectivity index (χ3v) is 8.37. The van der Waals surface area contributed by atoms with Crippen molar-refractivity contribution < 1.29 is 14.3 Å². The normalized spacial score (nSPS) is 12.7. The molecule has 0 saturated heterocycles. The highest BCUT2D eigenvalue weighted by Gasteiger charge is 2.27. The summed E-state index contributed by atoms with van der Waals surface area (Å²) in [6, 6.07) is 17.2. The summed E-state index contributed by atoms with van der Waals surface area (Å²) in [5, 5.41) is 13.6. The number of anilines is 1. The second-order valence-electron chi connectivity index (χ2n) is 8.46. The molecule has 2 heterocycles. The number of esters is 1. The van der Waals surface area contributed by atoms with Crippen molar-refractivity contribution in [2.75, 3.05) is 17.7 Å². The van der Waals surface area contributed by atoms with E-state index in [4.69, 9.17) is 16.3 Å². The number of carbonyl (C=O) groups excluding carboxylic acids is 2. The number of benzene rings is 2. The maximum absolute atomic E-state index is 13.0. The van der Waals surface area contributed by atoms with Crippen LogP contribution in [0.2, 0.25) is 5.02 Å². The number of hydrogen-bond acceptors (Lipinski definition) is 7. The van der Waals surface area contributed by atoms with Crippen LogP contribution in [-0.2, 0) is 22.4 Å². The van der Waals surface area contributed by atoms with Crippen LogP contribution in [-0.4, -0.2) is 39.0 Å². The molecular weight excluding hydrogens is 528 g/mol. The van der Waals surface area contributed by atoms with Gasteiger partial charge in [0, 0.05) is 21.2 Å². The van der Waals surface area contributed by atoms with Crippen LogP contribution in [0.25, 0.3) is 17.1 Å². The molecule has 2 aromatic carbocycles. The number of fused-ring (bicyclic) bond motifs is 1. The van der Waals surface area contributed by atoms with Gasteiger partial charge in [0.15, 0.2) is 11.0 Å². The Morgan fingerprint density at radius 2 is 1.84 bits per heavy atom. The van der Waals surface area contributed by atoms with Crippen LogP contribution in [0.3, 0.4) is 0 Å². The van der Waals surface area contributed by atoms with Crippen LogP contribution in [0.15, 0.2) is 59.8 Å². The molecule has 0 unspecified atom stereocenters. The lowest BCUT2D eigenvalue weighted by molar-refractivity contribution is -0.113. The van der Waals surface area contributed by atoms with Gasteiger partial charge in [-0.2, -0.15) is 0 Å². The highest BCUT2D eigenvalue weighted by atomic mass is 35.5. The van der Waals surface area contributed by atoms with Gasteiger partial charge in [0.25, 0.3) is 0 Å². The van der Waals surface area contributed by atoms with Gasteiger partial charge in [0.1, 0.15) is 5.00 Å². The zero-order valence-corrected chi connectivity index (χ0v) is 22.6. The van der Waals surface area contributed by atoms with Crippen molar-refractivity contribution in [3.05, 3.63) is 75.6 Å². The minimum absolute atomic E-state index is 0.108. The quantitative estimate of drug-likeness (QED) is 0.200. The molecule has 1 N–H and O–H groups in total. The molecule has 4 aromatic rings. The molecule has 7 nitrogen and oxygen atoms in total. The van der Waals surface area contributed by atoms with E-state index in [9.17, 15) is 9.59 Å². The Morgan fingerprint density at radius 1 is 1.08 bits per heavy atom. The van der Waals surface area contributed by atoms with E-state index in [2.05, 4.69) is 15.5 Å². The topological polar surface area (TPSA) is 86.1 Å². The molecule has 0 fully saturated rings. The van der Waals surface area contributed by atoms with Gasteiger partial charge in [-0.1, -0.05) is 41.6 Å². The van der Waals surface area contributed by atoms with E-state index in [-0.39, 0.29) is 24.2 Å². The molecular formula is C27H25ClN4O3S2. The van der Waals surface area contributed by atoms with Gasteiger partial charge in [-0.3, -0.25) is 9.36 Å². The molecule has 190 valence electrons. The monoisotopic (exact) mass is 552 g/mol. The number of thioether (sulfide) groups is 1. The fourth-order valence-corrected chi connectivity index (χ4v) is 6.50. The standard InChI is InChI=1S/C27H25ClN4O3S2/c1-2-35-26(34)23-20-10-6-7-11-21(20)37-25(23)29-22(33)16-36-27-31-30-24(17-12-14-18(28)15-13-17)32(27)19-8-4-3-5-9-19/h3-5,8-9,12-15H,2,6-7,10-11,16H2,1H3,(H,29,33). The predicted octanol–water partition coefficient (Wildman–Crippen LogP) is 6.44. The molecule has 1 aliphatic carbocycles. The first-order valence-corrected chi connectivity index (χ1v) is 14.2. The number of carbonyl (C=O) groups is 2. The second kappa shape index (κ2) is 11.5. The van der Waals surface area contributed by atoms with Crippen LogP contribution in [0.4, 0.5) is 5.00 Å². The Balaban J connectivity index is 1.38. The van der Waals surface area contributed by atoms with Gasteiger partial charge in [-0.15, -0.1) is 21.5 Å². The summed E-state index contributed by atoms with van der Waals surface area (Å²) in [6.07, 6.45) is 3.87. The highest BCUT2D eigenvalue weighted by molar-refractivity contribution is 7.99. The summed E-state index contributed by atoms with van der Waals surface area (Å²) in [4.78, 5) is 26.9. The number of rotatable bonds is 8. The minimum atomic E-state index is -0.374. The molecule has 1 amide bonds. The van der Waals surface area contributed by atoms with Crippen molar-refractivity contribution in [2.45, 2.75) is 37.8 Å². The molecule has 10 heteroatoms. The second-order valence-corrected chi connectivity index (χ2v) is 10.9. The van der Waals surface area contributed by atoms with Crippen LogP contribution in [0, 0.1) is 0 Å². The van der Waals surface area contributed by atoms with Crippen LogP contribution in [0.1, 0.15) is 40.6 Å². The number of nitrogens with one attached hydrogen (secondary N) is 1. The zero-order valence-electron chi connectivity index (χ0n) is 20.2. The van der Waals surface area contributed by atoms with E-state index in [0.717, 1.165) is 47.4 Å². The fourth-order valence-electron chi connectivity index (χ4n) is 4.33. The van der Waals surface area contributed by atoms with Gasteiger partial charge in [-0.05, 0) is 74.6 Å². The first-order valence-electron chi connectivity index (χ1n) is 12.1. The van der Waals surface area contributed by atoms with Crippen molar-refractivity contribution in [3.8, 4) is 17.1 Å². The molecule has 0 bridgehead atoms. The van der Waals surface area contributed by atoms with Crippen molar-refractivity contribution >= 4 is 51.6 Å². The van der Waals surface area contributed by atoms with E-state index in [0.29, 0.717) is 26.6 Å². The number of halogens is 1. The SMILES string of the molecule is CCOC(=O)c1c(NC(=O)CSc2nnc(-c3ccc(Cl)cc3)n2-c2ccccc2)sc2c1CCCC2. The summed E-state index contributed by atoms with van der Waals surface area (Å²) in [6.45, 7) is 2.07. The molecule has 0 aliphatic heterocycles. The average molecular weight is 553 g/mol. The maximum Gasteiger partial charge on any atom is 0.341 e. The van der Waals surface area contributed by atoms with Crippen LogP contribution in [0.5, 0.6) is 0 Å². The van der Waals surface area contributed by atoms with E-state index in [1.807, 2.05) is 59.2 Å². The third kappa shape index (κ3) is 5.58. The molecule has 2 aromatic heterocycles.